The Hall–Kier alpha value is -2.30. The van der Waals surface area contributed by atoms with Gasteiger partial charge in [-0.15, -0.1) is 0 Å². The van der Waals surface area contributed by atoms with E-state index in [0.29, 0.717) is 23.9 Å². The monoisotopic (exact) mass is 262 g/mol. The summed E-state index contributed by atoms with van der Waals surface area (Å²) in [6.45, 7) is 4.55. The number of nitrogen functional groups attached to an aromatic ring is 2. The number of hydrogen-bond acceptors (Lipinski definition) is 4. The highest BCUT2D eigenvalue weighted by Crippen LogP contribution is 2.15. The Balaban J connectivity index is 0.000000861. The van der Waals surface area contributed by atoms with Crippen molar-refractivity contribution in [2.45, 2.75) is 20.4 Å². The lowest BCUT2D eigenvalue weighted by Gasteiger charge is -2.07. The molecule has 0 spiro atoms. The minimum atomic E-state index is -0.247. The lowest BCUT2D eigenvalue weighted by atomic mass is 10.2. The highest BCUT2D eigenvalue weighted by Gasteiger charge is 1.99. The Morgan fingerprint density at radius 3 is 2.26 bits per heavy atom. The second-order valence-corrected chi connectivity index (χ2v) is 3.65. The van der Waals surface area contributed by atoms with E-state index in [1.165, 1.54) is 12.1 Å². The number of anilines is 3. The SMILES string of the molecule is CC.Nc1ccc(NCc2ccc(F)cc2)nc1N. The van der Waals surface area contributed by atoms with Crippen LogP contribution in [0.4, 0.5) is 21.7 Å². The normalized spacial score (nSPS) is 9.42. The summed E-state index contributed by atoms with van der Waals surface area (Å²) < 4.78 is 12.7. The number of nitrogens with two attached hydrogens (primary N) is 2. The molecule has 0 aliphatic rings. The summed E-state index contributed by atoms with van der Waals surface area (Å²) in [5, 5.41) is 3.08. The van der Waals surface area contributed by atoms with Gasteiger partial charge in [-0.05, 0) is 29.8 Å². The summed E-state index contributed by atoms with van der Waals surface area (Å²) >= 11 is 0. The van der Waals surface area contributed by atoms with Crippen LogP contribution in [-0.4, -0.2) is 4.98 Å². The maximum absolute atomic E-state index is 12.7. The molecule has 2 aromatic rings. The molecule has 0 fully saturated rings. The number of nitrogens with one attached hydrogen (secondary N) is 1. The predicted molar refractivity (Wildman–Crippen MR) is 78.1 cm³/mol. The fraction of sp³-hybridized carbons (Fsp3) is 0.214. The minimum absolute atomic E-state index is 0.247. The van der Waals surface area contributed by atoms with E-state index >= 15 is 0 Å². The predicted octanol–water partition coefficient (Wildman–Crippen LogP) is 3.02. The summed E-state index contributed by atoms with van der Waals surface area (Å²) in [7, 11) is 0. The molecule has 0 amide bonds. The number of nitrogens with zero attached hydrogens (tertiary/aromatic N) is 1. The fourth-order valence-corrected chi connectivity index (χ4v) is 1.38. The van der Waals surface area contributed by atoms with E-state index < -0.39 is 0 Å². The molecule has 19 heavy (non-hydrogen) atoms. The number of benzene rings is 1. The fourth-order valence-electron chi connectivity index (χ4n) is 1.38. The molecular formula is C14H19FN4. The van der Waals surface area contributed by atoms with Crippen molar-refractivity contribution in [3.8, 4) is 0 Å². The van der Waals surface area contributed by atoms with Crippen LogP contribution in [0.1, 0.15) is 19.4 Å². The summed E-state index contributed by atoms with van der Waals surface area (Å²) in [6.07, 6.45) is 0. The molecule has 0 aliphatic carbocycles. The third-order valence-electron chi connectivity index (χ3n) is 2.34. The van der Waals surface area contributed by atoms with Gasteiger partial charge in [0.05, 0.1) is 5.69 Å². The van der Waals surface area contributed by atoms with E-state index in [2.05, 4.69) is 10.3 Å². The molecular weight excluding hydrogens is 243 g/mol. The number of aromatic nitrogens is 1. The Kier molecular flexibility index (Phi) is 5.60. The van der Waals surface area contributed by atoms with Crippen molar-refractivity contribution < 1.29 is 4.39 Å². The summed E-state index contributed by atoms with van der Waals surface area (Å²) in [4.78, 5) is 4.07. The van der Waals surface area contributed by atoms with Crippen molar-refractivity contribution in [1.82, 2.24) is 4.98 Å². The average Bonchev–Trinajstić information content (AvgIpc) is 2.44. The number of pyridine rings is 1. The first-order valence-electron chi connectivity index (χ1n) is 6.15. The van der Waals surface area contributed by atoms with Gasteiger partial charge in [0.2, 0.25) is 0 Å². The first-order valence-corrected chi connectivity index (χ1v) is 6.15. The highest BCUT2D eigenvalue weighted by atomic mass is 19.1. The molecule has 0 atom stereocenters. The van der Waals surface area contributed by atoms with Gasteiger partial charge >= 0.3 is 0 Å². The lowest BCUT2D eigenvalue weighted by molar-refractivity contribution is 0.627. The number of rotatable bonds is 3. The molecule has 0 radical (unpaired) electrons. The van der Waals surface area contributed by atoms with E-state index in [-0.39, 0.29) is 5.82 Å². The van der Waals surface area contributed by atoms with Gasteiger partial charge in [0, 0.05) is 6.54 Å². The Labute approximate surface area is 112 Å². The maximum Gasteiger partial charge on any atom is 0.149 e. The van der Waals surface area contributed by atoms with E-state index in [9.17, 15) is 4.39 Å². The first-order chi connectivity index (χ1) is 9.15. The Morgan fingerprint density at radius 2 is 1.68 bits per heavy atom. The van der Waals surface area contributed by atoms with Gasteiger partial charge < -0.3 is 16.8 Å². The lowest BCUT2D eigenvalue weighted by Crippen LogP contribution is -2.04. The van der Waals surface area contributed by atoms with Crippen LogP contribution in [-0.2, 0) is 6.54 Å². The van der Waals surface area contributed by atoms with Gasteiger partial charge in [0.25, 0.3) is 0 Å². The summed E-state index contributed by atoms with van der Waals surface area (Å²) in [6, 6.07) is 9.69. The zero-order valence-electron chi connectivity index (χ0n) is 11.2. The van der Waals surface area contributed by atoms with E-state index in [1.807, 2.05) is 13.8 Å². The Morgan fingerprint density at radius 1 is 1.05 bits per heavy atom. The van der Waals surface area contributed by atoms with Gasteiger partial charge in [-0.1, -0.05) is 26.0 Å². The second kappa shape index (κ2) is 7.20. The summed E-state index contributed by atoms with van der Waals surface area (Å²) in [5.74, 6) is 0.693. The number of halogens is 1. The minimum Gasteiger partial charge on any atom is -0.396 e. The van der Waals surface area contributed by atoms with Crippen LogP contribution in [0.3, 0.4) is 0 Å². The molecule has 1 heterocycles. The highest BCUT2D eigenvalue weighted by molar-refractivity contribution is 5.61. The molecule has 1 aromatic heterocycles. The van der Waals surface area contributed by atoms with Crippen LogP contribution in [0.2, 0.25) is 0 Å². The van der Waals surface area contributed by atoms with E-state index in [4.69, 9.17) is 11.5 Å². The van der Waals surface area contributed by atoms with Crippen LogP contribution >= 0.6 is 0 Å². The van der Waals surface area contributed by atoms with Crippen LogP contribution in [0.15, 0.2) is 36.4 Å². The molecule has 5 N–H and O–H groups in total. The summed E-state index contributed by atoms with van der Waals surface area (Å²) in [5.41, 5.74) is 12.6. The van der Waals surface area contributed by atoms with Gasteiger partial charge in [-0.2, -0.15) is 0 Å². The van der Waals surface area contributed by atoms with E-state index in [1.54, 1.807) is 24.3 Å². The number of hydrogen-bond donors (Lipinski definition) is 3. The molecule has 2 rings (SSSR count). The maximum atomic E-state index is 12.7. The van der Waals surface area contributed by atoms with Crippen LogP contribution < -0.4 is 16.8 Å². The van der Waals surface area contributed by atoms with Gasteiger partial charge in [0.1, 0.15) is 17.5 Å². The van der Waals surface area contributed by atoms with Crippen molar-refractivity contribution in [1.29, 1.82) is 0 Å². The molecule has 0 saturated carbocycles. The molecule has 0 saturated heterocycles. The van der Waals surface area contributed by atoms with Gasteiger partial charge in [-0.25, -0.2) is 9.37 Å². The molecule has 102 valence electrons. The topological polar surface area (TPSA) is 77.0 Å². The van der Waals surface area contributed by atoms with Crippen molar-refractivity contribution in [3.05, 3.63) is 47.8 Å². The van der Waals surface area contributed by atoms with Crippen molar-refractivity contribution in [3.63, 3.8) is 0 Å². The second-order valence-electron chi connectivity index (χ2n) is 3.65. The van der Waals surface area contributed by atoms with Crippen molar-refractivity contribution >= 4 is 17.3 Å². The quantitative estimate of drug-likeness (QED) is 0.794. The third-order valence-corrected chi connectivity index (χ3v) is 2.34. The molecule has 0 bridgehead atoms. The van der Waals surface area contributed by atoms with E-state index in [0.717, 1.165) is 5.56 Å². The van der Waals surface area contributed by atoms with Crippen LogP contribution in [0.25, 0.3) is 0 Å². The van der Waals surface area contributed by atoms with Crippen molar-refractivity contribution in [2.75, 3.05) is 16.8 Å². The molecule has 0 aliphatic heterocycles. The van der Waals surface area contributed by atoms with Gasteiger partial charge in [0.15, 0.2) is 0 Å². The van der Waals surface area contributed by atoms with Crippen molar-refractivity contribution in [2.24, 2.45) is 0 Å². The average molecular weight is 262 g/mol. The zero-order valence-corrected chi connectivity index (χ0v) is 11.2. The zero-order chi connectivity index (χ0) is 14.3. The first kappa shape index (κ1) is 14.8. The Bertz CT molecular complexity index is 511. The molecule has 5 heteroatoms. The largest absolute Gasteiger partial charge is 0.396 e. The molecule has 4 nitrogen and oxygen atoms in total. The van der Waals surface area contributed by atoms with Gasteiger partial charge in [-0.3, -0.25) is 0 Å². The third kappa shape index (κ3) is 4.46. The molecule has 0 unspecified atom stereocenters. The smallest absolute Gasteiger partial charge is 0.149 e. The van der Waals surface area contributed by atoms with Crippen LogP contribution in [0, 0.1) is 5.82 Å². The standard InChI is InChI=1S/C12H13FN4.C2H6/c13-9-3-1-8(2-4-9)7-16-11-6-5-10(14)12(15)17-11;1-2/h1-6H,7,14H2,(H3,15,16,17);1-2H3. The van der Waals surface area contributed by atoms with Crippen LogP contribution in [0.5, 0.6) is 0 Å². The molecule has 1 aromatic carbocycles.